The van der Waals surface area contributed by atoms with Gasteiger partial charge in [0.15, 0.2) is 11.5 Å². The summed E-state index contributed by atoms with van der Waals surface area (Å²) < 4.78 is 16.8. The van der Waals surface area contributed by atoms with Gasteiger partial charge in [-0.2, -0.15) is 0 Å². The standard InChI is InChI=1S/C25H23BrN2O5/c1-31-21-7-5-4-6-16(21)14-20(25(30)27-19-11-9-18(26)10-12-19)28-24(29)17-8-13-22(32-2)23(15-17)33-3/h4-15H,1-3H3,(H,27,30)(H,28,29)/b20-14-. The van der Waals surface area contributed by atoms with Gasteiger partial charge >= 0.3 is 0 Å². The number of carbonyl (C=O) groups is 2. The lowest BCUT2D eigenvalue weighted by Gasteiger charge is -2.13. The highest BCUT2D eigenvalue weighted by Gasteiger charge is 2.17. The molecule has 0 aliphatic rings. The molecule has 0 aromatic heterocycles. The number of ether oxygens (including phenoxy) is 3. The molecule has 0 unspecified atom stereocenters. The van der Waals surface area contributed by atoms with E-state index in [1.165, 1.54) is 21.3 Å². The number of carbonyl (C=O) groups excluding carboxylic acids is 2. The predicted molar refractivity (Wildman–Crippen MR) is 131 cm³/mol. The molecule has 2 amide bonds. The molecule has 33 heavy (non-hydrogen) atoms. The van der Waals surface area contributed by atoms with Crippen molar-refractivity contribution in [3.63, 3.8) is 0 Å². The summed E-state index contributed by atoms with van der Waals surface area (Å²) in [6.07, 6.45) is 1.56. The van der Waals surface area contributed by atoms with Crippen LogP contribution in [0.15, 0.2) is 76.9 Å². The van der Waals surface area contributed by atoms with Crippen molar-refractivity contribution >= 4 is 39.5 Å². The number of rotatable bonds is 8. The average Bonchev–Trinajstić information content (AvgIpc) is 2.84. The van der Waals surface area contributed by atoms with Crippen molar-refractivity contribution in [3.05, 3.63) is 88.0 Å². The Labute approximate surface area is 200 Å². The molecular weight excluding hydrogens is 488 g/mol. The first-order chi connectivity index (χ1) is 15.9. The summed E-state index contributed by atoms with van der Waals surface area (Å²) in [5.74, 6) is 0.485. The van der Waals surface area contributed by atoms with Gasteiger partial charge in [0.25, 0.3) is 11.8 Å². The topological polar surface area (TPSA) is 85.9 Å². The highest BCUT2D eigenvalue weighted by Crippen LogP contribution is 2.28. The number of halogens is 1. The molecule has 3 rings (SSSR count). The van der Waals surface area contributed by atoms with Crippen LogP contribution >= 0.6 is 15.9 Å². The molecule has 8 heteroatoms. The summed E-state index contributed by atoms with van der Waals surface area (Å²) in [6, 6.07) is 19.1. The third kappa shape index (κ3) is 6.14. The van der Waals surface area contributed by atoms with Gasteiger partial charge in [-0.25, -0.2) is 0 Å². The fourth-order valence-corrected chi connectivity index (χ4v) is 3.27. The Morgan fingerprint density at radius 2 is 1.48 bits per heavy atom. The molecule has 3 aromatic rings. The number of amides is 2. The van der Waals surface area contributed by atoms with Crippen LogP contribution in [0.2, 0.25) is 0 Å². The van der Waals surface area contributed by atoms with Crippen molar-refractivity contribution in [2.45, 2.75) is 0 Å². The van der Waals surface area contributed by atoms with Crippen LogP contribution in [0.25, 0.3) is 6.08 Å². The van der Waals surface area contributed by atoms with Crippen LogP contribution < -0.4 is 24.8 Å². The smallest absolute Gasteiger partial charge is 0.272 e. The van der Waals surface area contributed by atoms with E-state index in [0.29, 0.717) is 34.1 Å². The SMILES string of the molecule is COc1ccccc1/C=C(\NC(=O)c1ccc(OC)c(OC)c1)C(=O)Nc1ccc(Br)cc1. The first kappa shape index (κ1) is 23.9. The molecular formula is C25H23BrN2O5. The van der Waals surface area contributed by atoms with Gasteiger partial charge in [-0.1, -0.05) is 34.1 Å². The minimum Gasteiger partial charge on any atom is -0.496 e. The van der Waals surface area contributed by atoms with Gasteiger partial charge in [0, 0.05) is 21.3 Å². The molecule has 0 aliphatic heterocycles. The van der Waals surface area contributed by atoms with Crippen LogP contribution in [0, 0.1) is 0 Å². The maximum absolute atomic E-state index is 13.1. The van der Waals surface area contributed by atoms with Gasteiger partial charge in [0.2, 0.25) is 0 Å². The van der Waals surface area contributed by atoms with E-state index in [1.807, 2.05) is 12.1 Å². The molecule has 0 saturated heterocycles. The number of para-hydroxylation sites is 1. The zero-order chi connectivity index (χ0) is 23.8. The molecule has 0 atom stereocenters. The summed E-state index contributed by atoms with van der Waals surface area (Å²) >= 11 is 3.37. The number of benzene rings is 3. The van der Waals surface area contributed by atoms with Gasteiger partial charge in [0.05, 0.1) is 21.3 Å². The fourth-order valence-electron chi connectivity index (χ4n) is 3.00. The van der Waals surface area contributed by atoms with E-state index in [2.05, 4.69) is 26.6 Å². The number of nitrogens with one attached hydrogen (secondary N) is 2. The molecule has 0 spiro atoms. The van der Waals surface area contributed by atoms with Gasteiger partial charge in [-0.3, -0.25) is 9.59 Å². The molecule has 7 nitrogen and oxygen atoms in total. The first-order valence-corrected chi connectivity index (χ1v) is 10.7. The van der Waals surface area contributed by atoms with Crippen molar-refractivity contribution in [1.29, 1.82) is 0 Å². The van der Waals surface area contributed by atoms with Crippen molar-refractivity contribution in [2.24, 2.45) is 0 Å². The Bertz CT molecular complexity index is 1180. The fraction of sp³-hybridized carbons (Fsp3) is 0.120. The van der Waals surface area contributed by atoms with Crippen molar-refractivity contribution < 1.29 is 23.8 Å². The van der Waals surface area contributed by atoms with Gasteiger partial charge in [-0.15, -0.1) is 0 Å². The molecule has 2 N–H and O–H groups in total. The maximum Gasteiger partial charge on any atom is 0.272 e. The molecule has 0 saturated carbocycles. The molecule has 0 fully saturated rings. The minimum atomic E-state index is -0.489. The summed E-state index contributed by atoms with van der Waals surface area (Å²) in [5.41, 5.74) is 1.56. The predicted octanol–water partition coefficient (Wildman–Crippen LogP) is 4.88. The number of hydrogen-bond donors (Lipinski definition) is 2. The maximum atomic E-state index is 13.1. The highest BCUT2D eigenvalue weighted by molar-refractivity contribution is 9.10. The third-order valence-electron chi connectivity index (χ3n) is 4.68. The summed E-state index contributed by atoms with van der Waals surface area (Å²) in [6.45, 7) is 0. The largest absolute Gasteiger partial charge is 0.496 e. The van der Waals surface area contributed by atoms with Crippen LogP contribution in [0.3, 0.4) is 0 Å². The number of hydrogen-bond acceptors (Lipinski definition) is 5. The quantitative estimate of drug-likeness (QED) is 0.421. The molecule has 3 aromatic carbocycles. The van der Waals surface area contributed by atoms with E-state index in [4.69, 9.17) is 14.2 Å². The van der Waals surface area contributed by atoms with Crippen molar-refractivity contribution in [1.82, 2.24) is 5.32 Å². The lowest BCUT2D eigenvalue weighted by molar-refractivity contribution is -0.113. The van der Waals surface area contributed by atoms with Crippen LogP contribution in [-0.2, 0) is 4.79 Å². The normalized spacial score (nSPS) is 10.8. The second kappa shape index (κ2) is 11.2. The van der Waals surface area contributed by atoms with Gasteiger partial charge < -0.3 is 24.8 Å². The lowest BCUT2D eigenvalue weighted by atomic mass is 10.1. The number of methoxy groups -OCH3 is 3. The van der Waals surface area contributed by atoms with Crippen LogP contribution in [0.5, 0.6) is 17.2 Å². The zero-order valence-corrected chi connectivity index (χ0v) is 19.9. The van der Waals surface area contributed by atoms with E-state index in [9.17, 15) is 9.59 Å². The van der Waals surface area contributed by atoms with E-state index in [1.54, 1.807) is 60.7 Å². The summed E-state index contributed by atoms with van der Waals surface area (Å²) in [4.78, 5) is 26.1. The second-order valence-corrected chi connectivity index (χ2v) is 7.70. The highest BCUT2D eigenvalue weighted by atomic mass is 79.9. The Kier molecular flexibility index (Phi) is 8.10. The van der Waals surface area contributed by atoms with E-state index >= 15 is 0 Å². The Hall–Kier alpha value is -3.78. The van der Waals surface area contributed by atoms with Crippen molar-refractivity contribution in [3.8, 4) is 17.2 Å². The van der Waals surface area contributed by atoms with E-state index in [-0.39, 0.29) is 5.70 Å². The third-order valence-corrected chi connectivity index (χ3v) is 5.21. The Morgan fingerprint density at radius 1 is 0.818 bits per heavy atom. The second-order valence-electron chi connectivity index (χ2n) is 6.78. The van der Waals surface area contributed by atoms with Crippen LogP contribution in [0.1, 0.15) is 15.9 Å². The van der Waals surface area contributed by atoms with Gasteiger partial charge in [-0.05, 0) is 54.6 Å². The van der Waals surface area contributed by atoms with E-state index in [0.717, 1.165) is 4.47 Å². The average molecular weight is 511 g/mol. The Morgan fingerprint density at radius 3 is 2.15 bits per heavy atom. The van der Waals surface area contributed by atoms with Crippen LogP contribution in [-0.4, -0.2) is 33.1 Å². The van der Waals surface area contributed by atoms with Gasteiger partial charge in [0.1, 0.15) is 11.4 Å². The molecule has 0 bridgehead atoms. The lowest BCUT2D eigenvalue weighted by Crippen LogP contribution is -2.30. The zero-order valence-electron chi connectivity index (χ0n) is 18.3. The summed E-state index contributed by atoms with van der Waals surface area (Å²) in [7, 11) is 4.53. The number of anilines is 1. The minimum absolute atomic E-state index is 0.0437. The first-order valence-electron chi connectivity index (χ1n) is 9.90. The van der Waals surface area contributed by atoms with Crippen LogP contribution in [0.4, 0.5) is 5.69 Å². The van der Waals surface area contributed by atoms with Crippen molar-refractivity contribution in [2.75, 3.05) is 26.6 Å². The van der Waals surface area contributed by atoms with E-state index < -0.39 is 11.8 Å². The summed E-state index contributed by atoms with van der Waals surface area (Å²) in [5, 5.41) is 5.50. The molecule has 170 valence electrons. The molecule has 0 aliphatic carbocycles. The molecule has 0 radical (unpaired) electrons. The Balaban J connectivity index is 1.94. The monoisotopic (exact) mass is 510 g/mol. The molecule has 0 heterocycles.